The Morgan fingerprint density at radius 2 is 2.33 bits per heavy atom. The van der Waals surface area contributed by atoms with Gasteiger partial charge < -0.3 is 14.9 Å². The number of halogens is 1. The van der Waals surface area contributed by atoms with Crippen molar-refractivity contribution < 1.29 is 19.1 Å². The smallest absolute Gasteiger partial charge is 0.438 e. The monoisotopic (exact) mass is 317 g/mol. The summed E-state index contributed by atoms with van der Waals surface area (Å²) in [6.07, 6.45) is -1.10. The Hall–Kier alpha value is -1.57. The first-order valence-corrected chi connectivity index (χ1v) is 6.09. The second kappa shape index (κ2) is 4.97. The van der Waals surface area contributed by atoms with Gasteiger partial charge in [0.05, 0.1) is 11.6 Å². The van der Waals surface area contributed by atoms with Crippen LogP contribution in [-0.4, -0.2) is 42.7 Å². The van der Waals surface area contributed by atoms with Crippen LogP contribution < -0.4 is 5.43 Å². The summed E-state index contributed by atoms with van der Waals surface area (Å²) in [7, 11) is 1.21. The molecular weight excluding hydrogens is 306 g/mol. The van der Waals surface area contributed by atoms with Crippen molar-refractivity contribution in [3.05, 3.63) is 10.1 Å². The van der Waals surface area contributed by atoms with Gasteiger partial charge in [0.25, 0.3) is 5.91 Å². The molecule has 0 aromatic heterocycles. The van der Waals surface area contributed by atoms with Crippen LogP contribution in [0.2, 0.25) is 0 Å². The van der Waals surface area contributed by atoms with E-state index in [1.807, 2.05) is 0 Å². The van der Waals surface area contributed by atoms with Gasteiger partial charge in [-0.15, -0.1) is 0 Å². The van der Waals surface area contributed by atoms with Crippen molar-refractivity contribution in [2.24, 2.45) is 5.10 Å². The van der Waals surface area contributed by atoms with Crippen molar-refractivity contribution in [2.75, 3.05) is 13.7 Å². The third-order valence-corrected chi connectivity index (χ3v) is 3.66. The molecule has 0 fully saturated rings. The molecule has 1 amide bonds. The molecule has 0 saturated carbocycles. The fraction of sp³-hybridized carbons (Fsp3) is 0.500. The number of hydrogen-bond donors (Lipinski definition) is 1. The van der Waals surface area contributed by atoms with Crippen LogP contribution in [0.4, 0.5) is 4.79 Å². The number of carbonyl (C=O) groups is 2. The molecule has 0 aliphatic carbocycles. The predicted octanol–water partition coefficient (Wildman–Crippen LogP) is 0.913. The number of nitrogens with zero attached hydrogens (tertiary/aromatic N) is 2. The van der Waals surface area contributed by atoms with Crippen LogP contribution in [0.5, 0.6) is 0 Å². The third kappa shape index (κ3) is 2.07. The fourth-order valence-corrected chi connectivity index (χ4v) is 2.20. The van der Waals surface area contributed by atoms with E-state index in [-0.39, 0.29) is 5.91 Å². The summed E-state index contributed by atoms with van der Waals surface area (Å²) in [5.74, 6) is 0.306. The zero-order chi connectivity index (χ0) is 13.3. The topological polar surface area (TPSA) is 80.2 Å². The van der Waals surface area contributed by atoms with E-state index in [0.717, 1.165) is 0 Å². The molecule has 2 rings (SSSR count). The van der Waals surface area contributed by atoms with Gasteiger partial charge in [-0.1, -0.05) is 0 Å². The van der Waals surface area contributed by atoms with Crippen molar-refractivity contribution in [1.82, 2.24) is 10.3 Å². The van der Waals surface area contributed by atoms with Gasteiger partial charge in [0.15, 0.2) is 0 Å². The average Bonchev–Trinajstić information content (AvgIpc) is 2.94. The lowest BCUT2D eigenvalue weighted by Crippen LogP contribution is -2.42. The lowest BCUT2D eigenvalue weighted by atomic mass is 10.3. The minimum absolute atomic E-state index is 0.238. The molecule has 98 valence electrons. The van der Waals surface area contributed by atoms with Crippen molar-refractivity contribution >= 4 is 33.8 Å². The van der Waals surface area contributed by atoms with Crippen molar-refractivity contribution in [1.29, 1.82) is 0 Å². The minimum atomic E-state index is -0.851. The molecule has 7 nitrogen and oxygen atoms in total. The Bertz CT molecular complexity index is 460. The molecule has 0 bridgehead atoms. The summed E-state index contributed by atoms with van der Waals surface area (Å²) < 4.78 is 10.0. The van der Waals surface area contributed by atoms with Crippen molar-refractivity contribution in [3.8, 4) is 0 Å². The Labute approximate surface area is 112 Å². The van der Waals surface area contributed by atoms with Gasteiger partial charge in [-0.05, 0) is 22.9 Å². The number of amidine groups is 1. The number of amides is 1. The lowest BCUT2D eigenvalue weighted by molar-refractivity contribution is -0.127. The molecule has 2 aliphatic rings. The highest BCUT2D eigenvalue weighted by molar-refractivity contribution is 9.11. The van der Waals surface area contributed by atoms with Gasteiger partial charge in [0.1, 0.15) is 5.84 Å². The molecule has 1 N–H and O–H groups in total. The molecule has 1 atom stereocenters. The lowest BCUT2D eigenvalue weighted by Gasteiger charge is -2.23. The van der Waals surface area contributed by atoms with Crippen LogP contribution in [-0.2, 0) is 14.3 Å². The number of carbonyl (C=O) groups excluding carboxylic acids is 2. The largest absolute Gasteiger partial charge is 0.510 e. The van der Waals surface area contributed by atoms with Crippen molar-refractivity contribution in [2.45, 2.75) is 19.6 Å². The number of hydrogen-bond acceptors (Lipinski definition) is 6. The SMILES string of the molecule is COC(=O)OC1C(Br)=C(C)C(=O)N1C1=NNCC1. The molecule has 0 saturated heterocycles. The number of nitrogens with one attached hydrogen (secondary N) is 1. The molecule has 2 aliphatic heterocycles. The van der Waals surface area contributed by atoms with Crippen LogP contribution in [0.15, 0.2) is 15.2 Å². The summed E-state index contributed by atoms with van der Waals surface area (Å²) in [6, 6.07) is 0. The quantitative estimate of drug-likeness (QED) is 0.727. The normalized spacial score (nSPS) is 23.1. The molecule has 8 heteroatoms. The fourth-order valence-electron chi connectivity index (χ4n) is 1.73. The van der Waals surface area contributed by atoms with Crippen LogP contribution in [0, 0.1) is 0 Å². The van der Waals surface area contributed by atoms with E-state index in [1.165, 1.54) is 12.0 Å². The Kier molecular flexibility index (Phi) is 3.55. The average molecular weight is 318 g/mol. The summed E-state index contributed by atoms with van der Waals surface area (Å²) >= 11 is 3.26. The number of rotatable bonds is 1. The predicted molar refractivity (Wildman–Crippen MR) is 65.8 cm³/mol. The van der Waals surface area contributed by atoms with Crippen LogP contribution in [0.3, 0.4) is 0 Å². The van der Waals surface area contributed by atoms with E-state index < -0.39 is 12.4 Å². The third-order valence-electron chi connectivity index (χ3n) is 2.67. The van der Waals surface area contributed by atoms with Gasteiger partial charge in [0.2, 0.25) is 6.23 Å². The second-order valence-corrected chi connectivity index (χ2v) is 4.61. The Balaban J connectivity index is 2.26. The van der Waals surface area contributed by atoms with E-state index in [0.29, 0.717) is 28.9 Å². The van der Waals surface area contributed by atoms with Crippen LogP contribution >= 0.6 is 15.9 Å². The van der Waals surface area contributed by atoms with E-state index >= 15 is 0 Å². The first kappa shape index (κ1) is 12.9. The number of hydrazone groups is 1. The summed E-state index contributed by atoms with van der Waals surface area (Å²) in [5.41, 5.74) is 3.26. The number of methoxy groups -OCH3 is 1. The molecule has 1 unspecified atom stereocenters. The van der Waals surface area contributed by atoms with Gasteiger partial charge in [-0.3, -0.25) is 9.69 Å². The molecule has 2 heterocycles. The molecule has 0 spiro atoms. The Morgan fingerprint density at radius 1 is 1.61 bits per heavy atom. The number of ether oxygens (including phenoxy) is 2. The highest BCUT2D eigenvalue weighted by Crippen LogP contribution is 2.32. The van der Waals surface area contributed by atoms with Gasteiger partial charge in [-0.25, -0.2) is 4.79 Å². The van der Waals surface area contributed by atoms with E-state index in [9.17, 15) is 9.59 Å². The van der Waals surface area contributed by atoms with E-state index in [4.69, 9.17) is 4.74 Å². The maximum atomic E-state index is 12.1. The van der Waals surface area contributed by atoms with Gasteiger partial charge in [0, 0.05) is 18.5 Å². The molecule has 18 heavy (non-hydrogen) atoms. The molecule has 0 aromatic rings. The van der Waals surface area contributed by atoms with Crippen LogP contribution in [0.25, 0.3) is 0 Å². The summed E-state index contributed by atoms with van der Waals surface area (Å²) in [5, 5.41) is 4.01. The van der Waals surface area contributed by atoms with Gasteiger partial charge in [-0.2, -0.15) is 5.10 Å². The first-order chi connectivity index (χ1) is 8.56. The highest BCUT2D eigenvalue weighted by atomic mass is 79.9. The maximum absolute atomic E-state index is 12.1. The standard InChI is InChI=1S/C10H12BrN3O4/c1-5-7(11)9(18-10(16)17-2)14(8(5)15)6-3-4-12-13-6/h9,12H,3-4H2,1-2H3. The van der Waals surface area contributed by atoms with Crippen molar-refractivity contribution in [3.63, 3.8) is 0 Å². The molecule has 0 aromatic carbocycles. The zero-order valence-electron chi connectivity index (χ0n) is 9.90. The summed E-state index contributed by atoms with van der Waals surface area (Å²) in [6.45, 7) is 2.31. The Morgan fingerprint density at radius 3 is 2.89 bits per heavy atom. The first-order valence-electron chi connectivity index (χ1n) is 5.30. The van der Waals surface area contributed by atoms with E-state index in [2.05, 4.69) is 31.2 Å². The summed E-state index contributed by atoms with van der Waals surface area (Å²) in [4.78, 5) is 24.6. The highest BCUT2D eigenvalue weighted by Gasteiger charge is 2.42. The molecular formula is C10H12BrN3O4. The van der Waals surface area contributed by atoms with Gasteiger partial charge >= 0.3 is 6.16 Å². The van der Waals surface area contributed by atoms with E-state index in [1.54, 1.807) is 6.92 Å². The van der Waals surface area contributed by atoms with Crippen LogP contribution in [0.1, 0.15) is 13.3 Å². The zero-order valence-corrected chi connectivity index (χ0v) is 11.5. The molecule has 0 radical (unpaired) electrons. The minimum Gasteiger partial charge on any atom is -0.438 e. The second-order valence-electron chi connectivity index (χ2n) is 3.76. The maximum Gasteiger partial charge on any atom is 0.510 e.